The zero-order valence-corrected chi connectivity index (χ0v) is 11.2. The molecular formula is C14H26N2O2. The van der Waals surface area contributed by atoms with Crippen LogP contribution in [0.15, 0.2) is 0 Å². The summed E-state index contributed by atoms with van der Waals surface area (Å²) in [7, 11) is 0. The largest absolute Gasteiger partial charge is 0.381 e. The Morgan fingerprint density at radius 2 is 1.89 bits per heavy atom. The van der Waals surface area contributed by atoms with Gasteiger partial charge in [0.1, 0.15) is 0 Å². The van der Waals surface area contributed by atoms with Gasteiger partial charge >= 0.3 is 0 Å². The first-order valence-electron chi connectivity index (χ1n) is 7.31. The van der Waals surface area contributed by atoms with Gasteiger partial charge in [-0.15, -0.1) is 0 Å². The highest BCUT2D eigenvalue weighted by Crippen LogP contribution is 2.34. The van der Waals surface area contributed by atoms with Gasteiger partial charge < -0.3 is 15.8 Å². The summed E-state index contributed by atoms with van der Waals surface area (Å²) in [5, 5.41) is 3.14. The lowest BCUT2D eigenvalue weighted by atomic mass is 9.74. The van der Waals surface area contributed by atoms with Crippen LogP contribution < -0.4 is 11.1 Å². The standard InChI is InChI=1S/C14H26N2O2/c15-10-14(6-2-1-3-7-14)11-16-13(17)12-4-8-18-9-5-12/h12H,1-11,15H2,(H,16,17). The van der Waals surface area contributed by atoms with Gasteiger partial charge in [0.05, 0.1) is 0 Å². The molecule has 1 amide bonds. The fourth-order valence-corrected chi connectivity index (χ4v) is 3.13. The summed E-state index contributed by atoms with van der Waals surface area (Å²) < 4.78 is 5.29. The van der Waals surface area contributed by atoms with Crippen LogP contribution in [0.25, 0.3) is 0 Å². The third-order valence-corrected chi connectivity index (χ3v) is 4.58. The predicted molar refractivity (Wildman–Crippen MR) is 71.1 cm³/mol. The van der Waals surface area contributed by atoms with E-state index in [-0.39, 0.29) is 17.2 Å². The minimum absolute atomic E-state index is 0.150. The molecule has 0 unspecified atom stereocenters. The van der Waals surface area contributed by atoms with Crippen molar-refractivity contribution < 1.29 is 9.53 Å². The Bertz CT molecular complexity index is 269. The molecule has 1 saturated heterocycles. The van der Waals surface area contributed by atoms with Gasteiger partial charge in [0.15, 0.2) is 0 Å². The van der Waals surface area contributed by atoms with Gasteiger partial charge in [-0.1, -0.05) is 19.3 Å². The number of carbonyl (C=O) groups is 1. The lowest BCUT2D eigenvalue weighted by molar-refractivity contribution is -0.128. The van der Waals surface area contributed by atoms with E-state index in [2.05, 4.69) is 5.32 Å². The summed E-state index contributed by atoms with van der Waals surface area (Å²) in [5.41, 5.74) is 6.10. The van der Waals surface area contributed by atoms with Gasteiger partial charge in [0.2, 0.25) is 5.91 Å². The molecule has 104 valence electrons. The second-order valence-electron chi connectivity index (χ2n) is 5.87. The summed E-state index contributed by atoms with van der Waals surface area (Å²) in [4.78, 5) is 12.1. The highest BCUT2D eigenvalue weighted by atomic mass is 16.5. The molecule has 1 heterocycles. The minimum atomic E-state index is 0.150. The number of ether oxygens (including phenoxy) is 1. The summed E-state index contributed by atoms with van der Waals surface area (Å²) in [6, 6.07) is 0. The van der Waals surface area contributed by atoms with Crippen LogP contribution in [0.5, 0.6) is 0 Å². The number of carbonyl (C=O) groups excluding carboxylic acids is 1. The Labute approximate surface area is 110 Å². The fourth-order valence-electron chi connectivity index (χ4n) is 3.13. The van der Waals surface area contributed by atoms with Crippen molar-refractivity contribution in [2.75, 3.05) is 26.3 Å². The number of amides is 1. The van der Waals surface area contributed by atoms with Crippen molar-refractivity contribution in [3.63, 3.8) is 0 Å². The van der Waals surface area contributed by atoms with E-state index in [4.69, 9.17) is 10.5 Å². The van der Waals surface area contributed by atoms with E-state index < -0.39 is 0 Å². The second-order valence-corrected chi connectivity index (χ2v) is 5.87. The molecule has 0 aromatic heterocycles. The third kappa shape index (κ3) is 3.45. The molecule has 4 nitrogen and oxygen atoms in total. The average Bonchev–Trinajstić information content (AvgIpc) is 2.47. The molecule has 0 radical (unpaired) electrons. The first-order chi connectivity index (χ1) is 8.76. The summed E-state index contributed by atoms with van der Waals surface area (Å²) in [5.74, 6) is 0.355. The summed E-state index contributed by atoms with van der Waals surface area (Å²) in [6.07, 6.45) is 7.88. The summed E-state index contributed by atoms with van der Waals surface area (Å²) >= 11 is 0. The van der Waals surface area contributed by atoms with Crippen LogP contribution in [-0.4, -0.2) is 32.2 Å². The zero-order chi connectivity index (χ0) is 12.8. The Balaban J connectivity index is 1.79. The smallest absolute Gasteiger partial charge is 0.223 e. The van der Waals surface area contributed by atoms with Crippen molar-refractivity contribution in [3.05, 3.63) is 0 Å². The van der Waals surface area contributed by atoms with Crippen LogP contribution in [-0.2, 0) is 9.53 Å². The topological polar surface area (TPSA) is 64.3 Å². The Morgan fingerprint density at radius 1 is 1.22 bits per heavy atom. The Hall–Kier alpha value is -0.610. The van der Waals surface area contributed by atoms with Gasteiger partial charge in [0.25, 0.3) is 0 Å². The van der Waals surface area contributed by atoms with E-state index in [0.717, 1.165) is 45.4 Å². The van der Waals surface area contributed by atoms with Crippen LogP contribution in [0.2, 0.25) is 0 Å². The zero-order valence-electron chi connectivity index (χ0n) is 11.2. The molecule has 1 saturated carbocycles. The van der Waals surface area contributed by atoms with Crippen molar-refractivity contribution in [1.82, 2.24) is 5.32 Å². The molecule has 2 fully saturated rings. The van der Waals surface area contributed by atoms with E-state index in [1.807, 2.05) is 0 Å². The molecule has 0 spiro atoms. The van der Waals surface area contributed by atoms with Gasteiger partial charge in [-0.25, -0.2) is 0 Å². The van der Waals surface area contributed by atoms with E-state index in [9.17, 15) is 4.79 Å². The maximum atomic E-state index is 12.1. The van der Waals surface area contributed by atoms with Gasteiger partial charge in [0, 0.05) is 25.7 Å². The van der Waals surface area contributed by atoms with Crippen LogP contribution >= 0.6 is 0 Å². The molecule has 0 aromatic carbocycles. The molecule has 1 aliphatic heterocycles. The molecule has 2 aliphatic rings. The lowest BCUT2D eigenvalue weighted by Crippen LogP contribution is -2.45. The van der Waals surface area contributed by atoms with E-state index in [1.54, 1.807) is 0 Å². The molecule has 18 heavy (non-hydrogen) atoms. The maximum Gasteiger partial charge on any atom is 0.223 e. The highest BCUT2D eigenvalue weighted by Gasteiger charge is 2.32. The van der Waals surface area contributed by atoms with Gasteiger partial charge in [-0.2, -0.15) is 0 Å². The minimum Gasteiger partial charge on any atom is -0.381 e. The van der Waals surface area contributed by atoms with Crippen LogP contribution in [0.4, 0.5) is 0 Å². The van der Waals surface area contributed by atoms with Crippen LogP contribution in [0.3, 0.4) is 0 Å². The molecule has 0 bridgehead atoms. The average molecular weight is 254 g/mol. The highest BCUT2D eigenvalue weighted by molar-refractivity contribution is 5.78. The van der Waals surface area contributed by atoms with E-state index in [0.29, 0.717) is 6.54 Å². The van der Waals surface area contributed by atoms with E-state index >= 15 is 0 Å². The van der Waals surface area contributed by atoms with Crippen molar-refractivity contribution in [3.8, 4) is 0 Å². The molecule has 1 aliphatic carbocycles. The fraction of sp³-hybridized carbons (Fsp3) is 0.929. The van der Waals surface area contributed by atoms with Gasteiger partial charge in [-0.05, 0) is 37.6 Å². The monoisotopic (exact) mass is 254 g/mol. The normalized spacial score (nSPS) is 24.7. The van der Waals surface area contributed by atoms with Crippen molar-refractivity contribution in [1.29, 1.82) is 0 Å². The SMILES string of the molecule is NCC1(CNC(=O)C2CCOCC2)CCCCC1. The molecule has 2 rings (SSSR count). The van der Waals surface area contributed by atoms with Crippen molar-refractivity contribution in [2.24, 2.45) is 17.1 Å². The molecule has 0 atom stereocenters. The number of nitrogens with two attached hydrogens (primary N) is 1. The third-order valence-electron chi connectivity index (χ3n) is 4.58. The quantitative estimate of drug-likeness (QED) is 0.798. The van der Waals surface area contributed by atoms with Gasteiger partial charge in [-0.3, -0.25) is 4.79 Å². The molecule has 0 aromatic rings. The number of hydrogen-bond donors (Lipinski definition) is 2. The number of nitrogens with one attached hydrogen (secondary N) is 1. The van der Waals surface area contributed by atoms with Crippen molar-refractivity contribution in [2.45, 2.75) is 44.9 Å². The maximum absolute atomic E-state index is 12.1. The number of rotatable bonds is 4. The van der Waals surface area contributed by atoms with Crippen LogP contribution in [0, 0.1) is 11.3 Å². The number of hydrogen-bond acceptors (Lipinski definition) is 3. The molecule has 4 heteroatoms. The van der Waals surface area contributed by atoms with E-state index in [1.165, 1.54) is 19.3 Å². The van der Waals surface area contributed by atoms with Crippen molar-refractivity contribution >= 4 is 5.91 Å². The first-order valence-corrected chi connectivity index (χ1v) is 7.31. The lowest BCUT2D eigenvalue weighted by Gasteiger charge is -2.36. The molecular weight excluding hydrogens is 228 g/mol. The first kappa shape index (κ1) is 13.8. The predicted octanol–water partition coefficient (Wildman–Crippen LogP) is 1.44. The second kappa shape index (κ2) is 6.53. The molecule has 3 N–H and O–H groups in total. The Morgan fingerprint density at radius 3 is 2.50 bits per heavy atom. The van der Waals surface area contributed by atoms with Crippen LogP contribution in [0.1, 0.15) is 44.9 Å². The Kier molecular flexibility index (Phi) is 5.01. The summed E-state index contributed by atoms with van der Waals surface area (Å²) in [6.45, 7) is 2.90.